The summed E-state index contributed by atoms with van der Waals surface area (Å²) in [7, 11) is 0. The van der Waals surface area contributed by atoms with Crippen LogP contribution < -0.4 is 0 Å². The van der Waals surface area contributed by atoms with Crippen molar-refractivity contribution >= 4 is 34.0 Å². The van der Waals surface area contributed by atoms with E-state index in [9.17, 15) is 4.79 Å². The topological polar surface area (TPSA) is 40.9 Å². The monoisotopic (exact) mass is 336 g/mol. The molecule has 118 valence electrons. The van der Waals surface area contributed by atoms with E-state index in [4.69, 9.17) is 0 Å². The van der Waals surface area contributed by atoms with Crippen LogP contribution in [0.2, 0.25) is 0 Å². The number of hydrogen-bond acceptors (Lipinski definition) is 5. The molecule has 2 aromatic rings. The second-order valence-electron chi connectivity index (χ2n) is 5.89. The molecule has 0 unspecified atom stereocenters. The Kier molecular flexibility index (Phi) is 4.11. The van der Waals surface area contributed by atoms with Crippen LogP contribution in [0.25, 0.3) is 4.96 Å². The van der Waals surface area contributed by atoms with Crippen LogP contribution in [0.15, 0.2) is 17.8 Å². The van der Waals surface area contributed by atoms with E-state index in [0.717, 1.165) is 30.9 Å². The third kappa shape index (κ3) is 2.77. The van der Waals surface area contributed by atoms with Crippen LogP contribution in [0.4, 0.5) is 0 Å². The minimum absolute atomic E-state index is 0.0866. The van der Waals surface area contributed by atoms with E-state index < -0.39 is 0 Å². The smallest absolute Gasteiger partial charge is 0.274 e. The summed E-state index contributed by atoms with van der Waals surface area (Å²) in [6.45, 7) is 4.14. The summed E-state index contributed by atoms with van der Waals surface area (Å²) in [6.07, 6.45) is 5.99. The summed E-state index contributed by atoms with van der Waals surface area (Å²) in [4.78, 5) is 22.5. The van der Waals surface area contributed by atoms with E-state index >= 15 is 0 Å². The number of aromatic nitrogens is 2. The van der Waals surface area contributed by atoms with E-state index in [1.807, 2.05) is 27.1 Å². The summed E-state index contributed by atoms with van der Waals surface area (Å²) < 4.78 is 1.93. The molecule has 1 amide bonds. The fourth-order valence-electron chi connectivity index (χ4n) is 3.37. The van der Waals surface area contributed by atoms with Crippen LogP contribution in [-0.4, -0.2) is 68.8 Å². The molecule has 0 aliphatic carbocycles. The molecule has 0 bridgehead atoms. The van der Waals surface area contributed by atoms with Crippen LogP contribution in [0, 0.1) is 0 Å². The molecule has 2 aliphatic rings. The Hall–Kier alpha value is -1.05. The van der Waals surface area contributed by atoms with Crippen LogP contribution in [0.5, 0.6) is 0 Å². The predicted molar refractivity (Wildman–Crippen MR) is 90.9 cm³/mol. The zero-order valence-corrected chi connectivity index (χ0v) is 14.1. The summed E-state index contributed by atoms with van der Waals surface area (Å²) >= 11 is 3.62. The molecule has 2 aromatic heterocycles. The number of amides is 1. The van der Waals surface area contributed by atoms with Gasteiger partial charge in [0.25, 0.3) is 5.91 Å². The number of likely N-dealkylation sites (tertiary alicyclic amines) is 1. The van der Waals surface area contributed by atoms with E-state index in [1.54, 1.807) is 11.3 Å². The lowest BCUT2D eigenvalue weighted by atomic mass is 10.0. The normalized spacial score (nSPS) is 21.5. The first kappa shape index (κ1) is 14.5. The molecule has 0 aromatic carbocycles. The highest BCUT2D eigenvalue weighted by atomic mass is 32.2. The van der Waals surface area contributed by atoms with Gasteiger partial charge in [0.2, 0.25) is 0 Å². The quantitative estimate of drug-likeness (QED) is 0.842. The third-order valence-electron chi connectivity index (χ3n) is 4.63. The van der Waals surface area contributed by atoms with Gasteiger partial charge in [-0.1, -0.05) is 0 Å². The lowest BCUT2D eigenvalue weighted by Crippen LogP contribution is -2.49. The maximum Gasteiger partial charge on any atom is 0.274 e. The number of thiazole rings is 1. The highest BCUT2D eigenvalue weighted by Crippen LogP contribution is 2.22. The Morgan fingerprint density at radius 2 is 1.95 bits per heavy atom. The maximum absolute atomic E-state index is 12.6. The predicted octanol–water partition coefficient (Wildman–Crippen LogP) is 2.05. The molecule has 2 aliphatic heterocycles. The first-order chi connectivity index (χ1) is 10.8. The minimum atomic E-state index is 0.0866. The first-order valence-corrected chi connectivity index (χ1v) is 9.88. The van der Waals surface area contributed by atoms with Gasteiger partial charge in [0.15, 0.2) is 4.96 Å². The summed E-state index contributed by atoms with van der Waals surface area (Å²) in [5.74, 6) is 2.60. The molecule has 22 heavy (non-hydrogen) atoms. The Morgan fingerprint density at radius 1 is 1.18 bits per heavy atom. The standard InChI is InChI=1S/C15H20N4OS2/c20-14(13-11-19-7-10-22-15(19)16-13)18-3-1-12(2-4-18)17-5-8-21-9-6-17/h7,10-12H,1-6,8-9H2. The van der Waals surface area contributed by atoms with Crippen LogP contribution in [0.3, 0.4) is 0 Å². The number of imidazole rings is 1. The molecule has 0 saturated carbocycles. The second-order valence-corrected chi connectivity index (χ2v) is 7.99. The highest BCUT2D eigenvalue weighted by molar-refractivity contribution is 7.99. The SMILES string of the molecule is O=C(c1cn2ccsc2n1)N1CCC(N2CCSCC2)CC1. The van der Waals surface area contributed by atoms with Gasteiger partial charge in [-0.15, -0.1) is 11.3 Å². The molecular weight excluding hydrogens is 316 g/mol. The lowest BCUT2D eigenvalue weighted by Gasteiger charge is -2.39. The van der Waals surface area contributed by atoms with Crippen molar-refractivity contribution in [2.75, 3.05) is 37.7 Å². The number of rotatable bonds is 2. The third-order valence-corrected chi connectivity index (χ3v) is 6.34. The van der Waals surface area contributed by atoms with Crippen LogP contribution >= 0.6 is 23.1 Å². The van der Waals surface area contributed by atoms with Gasteiger partial charge in [-0.05, 0) is 12.8 Å². The molecule has 0 radical (unpaired) electrons. The van der Waals surface area contributed by atoms with Crippen molar-refractivity contribution in [3.63, 3.8) is 0 Å². The molecule has 4 heterocycles. The number of hydrogen-bond donors (Lipinski definition) is 0. The van der Waals surface area contributed by atoms with Gasteiger partial charge < -0.3 is 4.90 Å². The average Bonchev–Trinajstić information content (AvgIpc) is 3.17. The molecule has 2 fully saturated rings. The number of fused-ring (bicyclic) bond motifs is 1. The summed E-state index contributed by atoms with van der Waals surface area (Å²) in [5, 5.41) is 1.99. The Morgan fingerprint density at radius 3 is 2.68 bits per heavy atom. The largest absolute Gasteiger partial charge is 0.337 e. The zero-order valence-electron chi connectivity index (χ0n) is 12.5. The second kappa shape index (κ2) is 6.22. The van der Waals surface area contributed by atoms with Gasteiger partial charge in [-0.2, -0.15) is 11.8 Å². The van der Waals surface area contributed by atoms with E-state index in [0.29, 0.717) is 11.7 Å². The van der Waals surface area contributed by atoms with Gasteiger partial charge in [0.1, 0.15) is 5.69 Å². The number of carbonyl (C=O) groups is 1. The number of nitrogens with zero attached hydrogens (tertiary/aromatic N) is 4. The molecule has 0 atom stereocenters. The van der Waals surface area contributed by atoms with E-state index in [-0.39, 0.29) is 5.91 Å². The molecular formula is C15H20N4OS2. The summed E-state index contributed by atoms with van der Waals surface area (Å²) in [5.41, 5.74) is 0.583. The maximum atomic E-state index is 12.6. The van der Waals surface area contributed by atoms with E-state index in [2.05, 4.69) is 21.6 Å². The number of piperidine rings is 1. The molecule has 2 saturated heterocycles. The number of carbonyl (C=O) groups excluding carboxylic acids is 1. The zero-order chi connectivity index (χ0) is 14.9. The minimum Gasteiger partial charge on any atom is -0.337 e. The average molecular weight is 336 g/mol. The Bertz CT molecular complexity index is 625. The Balaban J connectivity index is 1.38. The molecule has 5 nitrogen and oxygen atoms in total. The van der Waals surface area contributed by atoms with Gasteiger partial charge in [0, 0.05) is 61.5 Å². The number of thioether (sulfide) groups is 1. The Labute approximate surface area is 138 Å². The van der Waals surface area contributed by atoms with Crippen molar-refractivity contribution in [1.82, 2.24) is 19.2 Å². The van der Waals surface area contributed by atoms with Crippen LogP contribution in [-0.2, 0) is 0 Å². The van der Waals surface area contributed by atoms with Crippen molar-refractivity contribution < 1.29 is 4.79 Å². The molecule has 0 spiro atoms. The van der Waals surface area contributed by atoms with Crippen molar-refractivity contribution in [3.8, 4) is 0 Å². The van der Waals surface area contributed by atoms with Crippen molar-refractivity contribution in [2.24, 2.45) is 0 Å². The highest BCUT2D eigenvalue weighted by Gasteiger charge is 2.29. The van der Waals surface area contributed by atoms with Crippen LogP contribution in [0.1, 0.15) is 23.3 Å². The van der Waals surface area contributed by atoms with Gasteiger partial charge >= 0.3 is 0 Å². The van der Waals surface area contributed by atoms with Crippen molar-refractivity contribution in [3.05, 3.63) is 23.5 Å². The van der Waals surface area contributed by atoms with Crippen molar-refractivity contribution in [1.29, 1.82) is 0 Å². The van der Waals surface area contributed by atoms with E-state index in [1.165, 1.54) is 24.6 Å². The molecule has 0 N–H and O–H groups in total. The van der Waals surface area contributed by atoms with Crippen molar-refractivity contribution in [2.45, 2.75) is 18.9 Å². The van der Waals surface area contributed by atoms with Gasteiger partial charge in [-0.25, -0.2) is 4.98 Å². The van der Waals surface area contributed by atoms with Gasteiger partial charge in [-0.3, -0.25) is 14.1 Å². The van der Waals surface area contributed by atoms with Gasteiger partial charge in [0.05, 0.1) is 0 Å². The fraction of sp³-hybridized carbons (Fsp3) is 0.600. The fourth-order valence-corrected chi connectivity index (χ4v) is 5.00. The first-order valence-electron chi connectivity index (χ1n) is 7.84. The summed E-state index contributed by atoms with van der Waals surface area (Å²) in [6, 6.07) is 0.662. The molecule has 7 heteroatoms. The lowest BCUT2D eigenvalue weighted by molar-refractivity contribution is 0.0626. The molecule has 4 rings (SSSR count).